The van der Waals surface area contributed by atoms with Gasteiger partial charge in [-0.2, -0.15) is 0 Å². The van der Waals surface area contributed by atoms with Crippen molar-refractivity contribution in [3.05, 3.63) is 82.0 Å². The number of fused-ring (bicyclic) bond motifs is 1. The predicted molar refractivity (Wildman–Crippen MR) is 181 cm³/mol. The van der Waals surface area contributed by atoms with Crippen molar-refractivity contribution in [3.8, 4) is 11.1 Å². The zero-order valence-electron chi connectivity index (χ0n) is 26.5. The number of aromatic nitrogens is 3. The number of H-pyrrole nitrogens is 2. The maximum Gasteiger partial charge on any atom is 0.323 e. The van der Waals surface area contributed by atoms with Gasteiger partial charge in [0.15, 0.2) is 0 Å². The maximum atomic E-state index is 13.6. The molecule has 12 nitrogen and oxygen atoms in total. The zero-order valence-corrected chi connectivity index (χ0v) is 26.5. The predicted octanol–water partition coefficient (Wildman–Crippen LogP) is 2.75. The summed E-state index contributed by atoms with van der Waals surface area (Å²) in [6, 6.07) is 15.9. The van der Waals surface area contributed by atoms with Gasteiger partial charge in [-0.1, -0.05) is 30.3 Å². The number of benzene rings is 2. The van der Waals surface area contributed by atoms with Crippen molar-refractivity contribution in [2.75, 3.05) is 25.0 Å². The van der Waals surface area contributed by atoms with E-state index in [1.807, 2.05) is 37.3 Å². The average Bonchev–Trinajstić information content (AvgIpc) is 3.73. The Balaban J connectivity index is 1.16. The SMILES string of the molecule is Cc1nc(C(=O)N[C@H]2CCNC2)ccc1-c1ccc(C[C@H](NC(=O)[C@H]2CC[C@H](CN)CC2)C(=O)Nc2ccc3[nH]c(=O)[nH]c3c2)cc1. The fourth-order valence-electron chi connectivity index (χ4n) is 6.58. The fraction of sp³-hybridized carbons (Fsp3) is 0.400. The summed E-state index contributed by atoms with van der Waals surface area (Å²) >= 11 is 0. The van der Waals surface area contributed by atoms with Gasteiger partial charge in [0, 0.05) is 41.9 Å². The van der Waals surface area contributed by atoms with Crippen LogP contribution in [0.1, 0.15) is 53.8 Å². The smallest absolute Gasteiger partial charge is 0.323 e. The third kappa shape index (κ3) is 7.78. The van der Waals surface area contributed by atoms with Gasteiger partial charge >= 0.3 is 5.69 Å². The van der Waals surface area contributed by atoms with E-state index in [9.17, 15) is 19.2 Å². The molecule has 12 heteroatoms. The largest absolute Gasteiger partial charge is 0.347 e. The Morgan fingerprint density at radius 2 is 1.72 bits per heavy atom. The molecule has 0 bridgehead atoms. The van der Waals surface area contributed by atoms with Crippen LogP contribution in [0, 0.1) is 18.8 Å². The lowest BCUT2D eigenvalue weighted by atomic mass is 9.81. The lowest BCUT2D eigenvalue weighted by Gasteiger charge is -2.28. The van der Waals surface area contributed by atoms with Crippen molar-refractivity contribution in [3.63, 3.8) is 0 Å². The van der Waals surface area contributed by atoms with E-state index in [2.05, 4.69) is 36.2 Å². The number of carbonyl (C=O) groups excluding carboxylic acids is 3. The highest BCUT2D eigenvalue weighted by Crippen LogP contribution is 2.29. The number of carbonyl (C=O) groups is 3. The van der Waals surface area contributed by atoms with Crippen molar-refractivity contribution >= 4 is 34.4 Å². The molecule has 2 aliphatic rings. The number of nitrogens with two attached hydrogens (primary N) is 1. The molecule has 2 atom stereocenters. The second-order valence-corrected chi connectivity index (χ2v) is 12.7. The van der Waals surface area contributed by atoms with Gasteiger partial charge in [-0.15, -0.1) is 0 Å². The first-order chi connectivity index (χ1) is 22.7. The van der Waals surface area contributed by atoms with Gasteiger partial charge in [-0.05, 0) is 93.4 Å². The van der Waals surface area contributed by atoms with Crippen LogP contribution in [-0.2, 0) is 16.0 Å². The lowest BCUT2D eigenvalue weighted by Crippen LogP contribution is -2.48. The summed E-state index contributed by atoms with van der Waals surface area (Å²) in [5.41, 5.74) is 11.1. The van der Waals surface area contributed by atoms with E-state index in [0.717, 1.165) is 67.6 Å². The van der Waals surface area contributed by atoms with Crippen LogP contribution in [0.4, 0.5) is 5.69 Å². The molecule has 8 N–H and O–H groups in total. The van der Waals surface area contributed by atoms with Crippen molar-refractivity contribution in [1.29, 1.82) is 0 Å². The molecule has 0 unspecified atom stereocenters. The monoisotopic (exact) mass is 638 g/mol. The van der Waals surface area contributed by atoms with Crippen LogP contribution in [0.25, 0.3) is 22.2 Å². The molecule has 4 aromatic rings. The van der Waals surface area contributed by atoms with Crippen LogP contribution in [0.3, 0.4) is 0 Å². The second kappa shape index (κ2) is 14.3. The molecule has 1 aliphatic carbocycles. The van der Waals surface area contributed by atoms with E-state index >= 15 is 0 Å². The summed E-state index contributed by atoms with van der Waals surface area (Å²) in [5, 5.41) is 12.2. The average molecular weight is 639 g/mol. The summed E-state index contributed by atoms with van der Waals surface area (Å²) in [6.07, 6.45) is 4.49. The van der Waals surface area contributed by atoms with Gasteiger partial charge in [0.2, 0.25) is 11.8 Å². The van der Waals surface area contributed by atoms with Crippen LogP contribution < -0.4 is 32.7 Å². The van der Waals surface area contributed by atoms with E-state index < -0.39 is 6.04 Å². The number of amides is 3. The topological polar surface area (TPSA) is 187 Å². The third-order valence-corrected chi connectivity index (χ3v) is 9.39. The second-order valence-electron chi connectivity index (χ2n) is 12.7. The van der Waals surface area contributed by atoms with Crippen LogP contribution in [0.2, 0.25) is 0 Å². The molecule has 1 saturated heterocycles. The van der Waals surface area contributed by atoms with Crippen molar-refractivity contribution in [1.82, 2.24) is 30.9 Å². The third-order valence-electron chi connectivity index (χ3n) is 9.39. The minimum Gasteiger partial charge on any atom is -0.347 e. The summed E-state index contributed by atoms with van der Waals surface area (Å²) in [4.78, 5) is 61.4. The molecule has 6 rings (SSSR count). The highest BCUT2D eigenvalue weighted by molar-refractivity contribution is 5.99. The molecule has 2 fully saturated rings. The number of nitrogens with zero attached hydrogens (tertiary/aromatic N) is 1. The first-order valence-electron chi connectivity index (χ1n) is 16.4. The first-order valence-corrected chi connectivity index (χ1v) is 16.4. The van der Waals surface area contributed by atoms with Gasteiger partial charge in [0.25, 0.3) is 5.91 Å². The van der Waals surface area contributed by atoms with Crippen molar-refractivity contribution in [2.45, 2.75) is 57.5 Å². The van der Waals surface area contributed by atoms with Gasteiger partial charge in [0.1, 0.15) is 11.7 Å². The van der Waals surface area contributed by atoms with Crippen molar-refractivity contribution < 1.29 is 14.4 Å². The van der Waals surface area contributed by atoms with Gasteiger partial charge < -0.3 is 37.0 Å². The Labute approximate surface area is 272 Å². The normalized spacial score (nSPS) is 20.1. The first kappa shape index (κ1) is 32.1. The minimum atomic E-state index is -0.821. The molecule has 2 aromatic carbocycles. The minimum absolute atomic E-state index is 0.118. The van der Waals surface area contributed by atoms with Gasteiger partial charge in [0.05, 0.1) is 11.0 Å². The molecular weight excluding hydrogens is 596 g/mol. The Kier molecular flexibility index (Phi) is 9.79. The lowest BCUT2D eigenvalue weighted by molar-refractivity contribution is -0.130. The Hall–Kier alpha value is -4.81. The van der Waals surface area contributed by atoms with E-state index in [1.54, 1.807) is 24.3 Å². The van der Waals surface area contributed by atoms with E-state index in [4.69, 9.17) is 5.73 Å². The molecule has 3 heterocycles. The van der Waals surface area contributed by atoms with Gasteiger partial charge in [-0.25, -0.2) is 9.78 Å². The Morgan fingerprint density at radius 3 is 2.43 bits per heavy atom. The highest BCUT2D eigenvalue weighted by Gasteiger charge is 2.29. The molecule has 3 amide bonds. The molecule has 1 aliphatic heterocycles. The summed E-state index contributed by atoms with van der Waals surface area (Å²) in [7, 11) is 0. The molecule has 246 valence electrons. The fourth-order valence-corrected chi connectivity index (χ4v) is 6.58. The van der Waals surface area contributed by atoms with Crippen LogP contribution in [0.5, 0.6) is 0 Å². The summed E-state index contributed by atoms with van der Waals surface area (Å²) in [6.45, 7) is 4.17. The number of imidazole rings is 1. The summed E-state index contributed by atoms with van der Waals surface area (Å²) < 4.78 is 0. The number of pyridine rings is 1. The van der Waals surface area contributed by atoms with Gasteiger partial charge in [-0.3, -0.25) is 14.4 Å². The summed E-state index contributed by atoms with van der Waals surface area (Å²) in [5.74, 6) is -0.376. The molecular formula is C35H42N8O4. The molecule has 2 aromatic heterocycles. The number of hydrogen-bond acceptors (Lipinski definition) is 7. The Morgan fingerprint density at radius 1 is 0.957 bits per heavy atom. The number of hydrogen-bond donors (Lipinski definition) is 7. The van der Waals surface area contributed by atoms with Crippen LogP contribution in [0.15, 0.2) is 59.4 Å². The Bertz CT molecular complexity index is 1800. The number of aryl methyl sites for hydroxylation is 1. The number of nitrogens with one attached hydrogen (secondary N) is 6. The number of rotatable bonds is 10. The number of aromatic amines is 2. The molecule has 0 spiro atoms. The van der Waals surface area contributed by atoms with Crippen LogP contribution >= 0.6 is 0 Å². The van der Waals surface area contributed by atoms with E-state index in [0.29, 0.717) is 34.9 Å². The quantitative estimate of drug-likeness (QED) is 0.139. The standard InChI is InChI=1S/C35H42N8O4/c1-20-27(11-13-29(38-20)33(45)40-26-14-15-37-19-26)23-6-2-21(3-7-23)16-31(41-32(44)24-8-4-22(18-36)5-9-24)34(46)39-25-10-12-28-30(17-25)43-35(47)42-28/h2-3,6-7,10-13,17,22,24,26,31,37H,4-5,8-9,14-16,18-19,36H2,1H3,(H,39,46)(H,40,45)(H,41,44)(H2,42,43,47)/t22-,24-,26-,31-/m0/s1. The van der Waals surface area contributed by atoms with E-state index in [-0.39, 0.29) is 41.8 Å². The molecule has 47 heavy (non-hydrogen) atoms. The maximum absolute atomic E-state index is 13.6. The molecule has 0 radical (unpaired) electrons. The van der Waals surface area contributed by atoms with Crippen molar-refractivity contribution in [2.24, 2.45) is 17.6 Å². The zero-order chi connectivity index (χ0) is 32.9. The molecule has 1 saturated carbocycles. The van der Waals surface area contributed by atoms with Crippen LogP contribution in [-0.4, -0.2) is 64.4 Å². The number of anilines is 1. The van der Waals surface area contributed by atoms with E-state index in [1.165, 1.54) is 0 Å². The highest BCUT2D eigenvalue weighted by atomic mass is 16.2.